The first kappa shape index (κ1) is 16.7. The number of carboxylic acid groups (broad SMARTS) is 1. The van der Waals surface area contributed by atoms with Crippen LogP contribution in [0.5, 0.6) is 5.75 Å². The Morgan fingerprint density at radius 2 is 1.83 bits per heavy atom. The number of hydrogen-bond acceptors (Lipinski definition) is 5. The fourth-order valence-electron chi connectivity index (χ4n) is 2.62. The quantitative estimate of drug-likeness (QED) is 0.635. The Morgan fingerprint density at radius 3 is 2.35 bits per heavy atom. The zero-order valence-corrected chi connectivity index (χ0v) is 12.4. The predicted molar refractivity (Wildman–Crippen MR) is 80.2 cm³/mol. The highest BCUT2D eigenvalue weighted by Gasteiger charge is 2.26. The van der Waals surface area contributed by atoms with Gasteiger partial charge >= 0.3 is 12.1 Å². The van der Waals surface area contributed by atoms with Gasteiger partial charge in [0.05, 0.1) is 10.8 Å². The van der Waals surface area contributed by atoms with Crippen LogP contribution < -0.4 is 10.1 Å². The van der Waals surface area contributed by atoms with E-state index in [0.717, 1.165) is 12.8 Å². The zero-order valence-electron chi connectivity index (χ0n) is 12.4. The Bertz CT molecular complexity index is 578. The van der Waals surface area contributed by atoms with E-state index in [-0.39, 0.29) is 23.3 Å². The van der Waals surface area contributed by atoms with Crippen molar-refractivity contribution in [2.75, 3.05) is 6.54 Å². The lowest BCUT2D eigenvalue weighted by Crippen LogP contribution is -2.34. The number of amides is 1. The Balaban J connectivity index is 1.73. The van der Waals surface area contributed by atoms with Gasteiger partial charge in [0, 0.05) is 18.7 Å². The number of aliphatic carboxylic acids is 1. The molecule has 1 aliphatic carbocycles. The molecule has 0 unspecified atom stereocenters. The molecule has 0 aromatic heterocycles. The number of rotatable bonds is 5. The molecule has 8 heteroatoms. The van der Waals surface area contributed by atoms with Gasteiger partial charge < -0.3 is 15.2 Å². The van der Waals surface area contributed by atoms with Crippen LogP contribution in [0, 0.1) is 22.0 Å². The minimum Gasteiger partial charge on any atom is -0.481 e. The molecular formula is C15H18N2O6. The molecule has 1 saturated carbocycles. The first-order chi connectivity index (χ1) is 11.0. The number of benzene rings is 1. The third-order valence-corrected chi connectivity index (χ3v) is 3.99. The zero-order chi connectivity index (χ0) is 16.8. The van der Waals surface area contributed by atoms with Crippen molar-refractivity contribution in [1.82, 2.24) is 5.32 Å². The van der Waals surface area contributed by atoms with E-state index in [2.05, 4.69) is 5.32 Å². The Morgan fingerprint density at radius 1 is 1.22 bits per heavy atom. The van der Waals surface area contributed by atoms with Crippen molar-refractivity contribution < 1.29 is 24.4 Å². The average molecular weight is 322 g/mol. The first-order valence-corrected chi connectivity index (χ1v) is 7.38. The molecular weight excluding hydrogens is 304 g/mol. The summed E-state index contributed by atoms with van der Waals surface area (Å²) in [5.41, 5.74) is -0.0760. The van der Waals surface area contributed by atoms with Crippen LogP contribution in [0.3, 0.4) is 0 Å². The maximum Gasteiger partial charge on any atom is 0.412 e. The molecule has 124 valence electrons. The number of carbonyl (C=O) groups excluding carboxylic acids is 1. The minimum atomic E-state index is -0.756. The summed E-state index contributed by atoms with van der Waals surface area (Å²) in [6.07, 6.45) is 2.14. The first-order valence-electron chi connectivity index (χ1n) is 7.38. The SMILES string of the molecule is O=C(NC[C@H]1CC[C@H](C(=O)O)CC1)Oc1ccc([N+](=O)[O-])cc1. The van der Waals surface area contributed by atoms with E-state index in [4.69, 9.17) is 9.84 Å². The average Bonchev–Trinajstić information content (AvgIpc) is 2.54. The monoisotopic (exact) mass is 322 g/mol. The highest BCUT2D eigenvalue weighted by molar-refractivity contribution is 5.70. The number of nitro groups is 1. The van der Waals surface area contributed by atoms with E-state index in [1.807, 2.05) is 0 Å². The van der Waals surface area contributed by atoms with E-state index in [0.29, 0.717) is 19.4 Å². The molecule has 2 rings (SSSR count). The second kappa shape index (κ2) is 7.57. The number of carbonyl (C=O) groups is 2. The Labute approximate surface area is 132 Å². The highest BCUT2D eigenvalue weighted by atomic mass is 16.6. The van der Waals surface area contributed by atoms with Crippen LogP contribution in [0.2, 0.25) is 0 Å². The molecule has 0 radical (unpaired) electrons. The molecule has 1 aromatic rings. The summed E-state index contributed by atoms with van der Waals surface area (Å²) >= 11 is 0. The van der Waals surface area contributed by atoms with Gasteiger partial charge in [0.2, 0.25) is 0 Å². The predicted octanol–water partition coefficient (Wildman–Crippen LogP) is 2.57. The molecule has 0 heterocycles. The minimum absolute atomic E-state index is 0.0760. The molecule has 0 spiro atoms. The van der Waals surface area contributed by atoms with Gasteiger partial charge in [-0.05, 0) is 43.7 Å². The second-order valence-corrected chi connectivity index (χ2v) is 5.58. The molecule has 0 saturated heterocycles. The highest BCUT2D eigenvalue weighted by Crippen LogP contribution is 2.28. The summed E-state index contributed by atoms with van der Waals surface area (Å²) in [4.78, 5) is 32.5. The maximum absolute atomic E-state index is 11.7. The van der Waals surface area contributed by atoms with E-state index in [1.165, 1.54) is 24.3 Å². The van der Waals surface area contributed by atoms with Crippen LogP contribution in [-0.2, 0) is 4.79 Å². The van der Waals surface area contributed by atoms with E-state index in [9.17, 15) is 19.7 Å². The van der Waals surface area contributed by atoms with Gasteiger partial charge in [0.25, 0.3) is 5.69 Å². The number of hydrogen-bond donors (Lipinski definition) is 2. The van der Waals surface area contributed by atoms with E-state index in [1.54, 1.807) is 0 Å². The van der Waals surface area contributed by atoms with Gasteiger partial charge in [-0.2, -0.15) is 0 Å². The lowest BCUT2D eigenvalue weighted by molar-refractivity contribution is -0.384. The summed E-state index contributed by atoms with van der Waals surface area (Å²) in [6.45, 7) is 0.429. The van der Waals surface area contributed by atoms with Gasteiger partial charge in [-0.3, -0.25) is 14.9 Å². The van der Waals surface area contributed by atoms with Gasteiger partial charge in [-0.1, -0.05) is 0 Å². The number of non-ortho nitro benzene ring substituents is 1. The van der Waals surface area contributed by atoms with Crippen LogP contribution in [0.25, 0.3) is 0 Å². The largest absolute Gasteiger partial charge is 0.481 e. The smallest absolute Gasteiger partial charge is 0.412 e. The van der Waals surface area contributed by atoms with Crippen molar-refractivity contribution in [3.63, 3.8) is 0 Å². The number of ether oxygens (including phenoxy) is 1. The number of nitro benzene ring substituents is 1. The van der Waals surface area contributed by atoms with Gasteiger partial charge in [-0.25, -0.2) is 4.79 Å². The van der Waals surface area contributed by atoms with Crippen LogP contribution in [0.4, 0.5) is 10.5 Å². The molecule has 1 aromatic carbocycles. The van der Waals surface area contributed by atoms with Gasteiger partial charge in [-0.15, -0.1) is 0 Å². The fourth-order valence-corrected chi connectivity index (χ4v) is 2.62. The normalized spacial score (nSPS) is 20.5. The molecule has 2 N–H and O–H groups in total. The molecule has 1 aliphatic rings. The van der Waals surface area contributed by atoms with Crippen LogP contribution in [0.15, 0.2) is 24.3 Å². The van der Waals surface area contributed by atoms with E-state index >= 15 is 0 Å². The maximum atomic E-state index is 11.7. The fraction of sp³-hybridized carbons (Fsp3) is 0.467. The molecule has 1 fully saturated rings. The second-order valence-electron chi connectivity index (χ2n) is 5.58. The molecule has 0 aliphatic heterocycles. The third-order valence-electron chi connectivity index (χ3n) is 3.99. The summed E-state index contributed by atoms with van der Waals surface area (Å²) in [7, 11) is 0. The van der Waals surface area contributed by atoms with Crippen LogP contribution in [0.1, 0.15) is 25.7 Å². The molecule has 0 atom stereocenters. The lowest BCUT2D eigenvalue weighted by atomic mass is 9.82. The topological polar surface area (TPSA) is 119 Å². The number of nitrogens with zero attached hydrogens (tertiary/aromatic N) is 1. The molecule has 8 nitrogen and oxygen atoms in total. The van der Waals surface area contributed by atoms with Gasteiger partial charge in [0.1, 0.15) is 5.75 Å². The Hall–Kier alpha value is -2.64. The van der Waals surface area contributed by atoms with Gasteiger partial charge in [0.15, 0.2) is 0 Å². The van der Waals surface area contributed by atoms with Crippen LogP contribution in [-0.4, -0.2) is 28.6 Å². The molecule has 23 heavy (non-hydrogen) atoms. The molecule has 0 bridgehead atoms. The van der Waals surface area contributed by atoms with Crippen molar-refractivity contribution in [3.05, 3.63) is 34.4 Å². The van der Waals surface area contributed by atoms with Crippen molar-refractivity contribution in [1.29, 1.82) is 0 Å². The van der Waals surface area contributed by atoms with Crippen molar-refractivity contribution in [2.45, 2.75) is 25.7 Å². The van der Waals surface area contributed by atoms with Crippen LogP contribution >= 0.6 is 0 Å². The Kier molecular flexibility index (Phi) is 5.51. The van der Waals surface area contributed by atoms with Crippen molar-refractivity contribution in [3.8, 4) is 5.75 Å². The summed E-state index contributed by atoms with van der Waals surface area (Å²) in [5, 5.41) is 22.1. The number of carboxylic acids is 1. The number of nitrogens with one attached hydrogen (secondary N) is 1. The third kappa shape index (κ3) is 4.94. The summed E-state index contributed by atoms with van der Waals surface area (Å²) in [6, 6.07) is 5.23. The standard InChI is InChI=1S/C15H18N2O6/c18-14(19)11-3-1-10(2-4-11)9-16-15(20)23-13-7-5-12(6-8-13)17(21)22/h5-8,10-11H,1-4,9H2,(H,16,20)(H,18,19)/t10-,11-. The lowest BCUT2D eigenvalue weighted by Gasteiger charge is -2.25. The van der Waals surface area contributed by atoms with Crippen molar-refractivity contribution >= 4 is 17.7 Å². The van der Waals surface area contributed by atoms with E-state index < -0.39 is 17.0 Å². The van der Waals surface area contributed by atoms with Crippen molar-refractivity contribution in [2.24, 2.45) is 11.8 Å². The summed E-state index contributed by atoms with van der Waals surface area (Å²) < 4.78 is 5.03. The molecule has 1 amide bonds. The summed E-state index contributed by atoms with van der Waals surface area (Å²) in [5.74, 6) is -0.565.